The minimum atomic E-state index is -1.53. The summed E-state index contributed by atoms with van der Waals surface area (Å²) in [5, 5.41) is 0. The predicted molar refractivity (Wildman–Crippen MR) is 298 cm³/mol. The molecule has 3 heterocycles. The van der Waals surface area contributed by atoms with Gasteiger partial charge >= 0.3 is 23.9 Å². The van der Waals surface area contributed by atoms with Crippen molar-refractivity contribution in [3.63, 3.8) is 0 Å². The van der Waals surface area contributed by atoms with Crippen molar-refractivity contribution in [2.75, 3.05) is 28.2 Å². The number of hydrogen-bond acceptors (Lipinski definition) is 14. The van der Waals surface area contributed by atoms with Gasteiger partial charge in [-0.2, -0.15) is 0 Å². The Morgan fingerprint density at radius 1 is 0.375 bits per heavy atom. The highest BCUT2D eigenvalue weighted by Crippen LogP contribution is 2.25. The molecule has 18 nitrogen and oxygen atoms in total. The summed E-state index contributed by atoms with van der Waals surface area (Å²) in [6.45, 7) is 17.5. The van der Waals surface area contributed by atoms with E-state index < -0.39 is 96.1 Å². The van der Waals surface area contributed by atoms with Crippen LogP contribution in [0.3, 0.4) is 0 Å². The fourth-order valence-corrected chi connectivity index (χ4v) is 9.72. The molecule has 2 aromatic heterocycles. The molecular weight excluding hydrogens is 1020 g/mol. The number of carbonyl (C=O) groups is 8. The molecule has 0 N–H and O–H groups in total. The van der Waals surface area contributed by atoms with Gasteiger partial charge in [0.05, 0.1) is 12.5 Å². The van der Waals surface area contributed by atoms with Crippen molar-refractivity contribution in [2.45, 2.75) is 169 Å². The quantitative estimate of drug-likeness (QED) is 0.0768. The van der Waals surface area contributed by atoms with Gasteiger partial charge in [-0.25, -0.2) is 19.2 Å². The lowest BCUT2D eigenvalue weighted by Gasteiger charge is -2.35. The first-order chi connectivity index (χ1) is 37.7. The van der Waals surface area contributed by atoms with E-state index in [4.69, 9.17) is 27.8 Å². The lowest BCUT2D eigenvalue weighted by molar-refractivity contribution is -0.176. The van der Waals surface area contributed by atoms with Crippen LogP contribution in [-0.2, 0) is 83.0 Å². The van der Waals surface area contributed by atoms with Gasteiger partial charge in [0.2, 0.25) is 0 Å². The molecule has 2 aromatic carbocycles. The second kappa shape index (κ2) is 29.3. The molecule has 1 fully saturated rings. The average molecular weight is 1110 g/mol. The van der Waals surface area contributed by atoms with E-state index in [2.05, 4.69) is 0 Å². The largest absolute Gasteiger partial charge is 0.469 e. The van der Waals surface area contributed by atoms with Gasteiger partial charge in [-0.1, -0.05) is 104 Å². The zero-order valence-corrected chi connectivity index (χ0v) is 49.2. The third-order valence-electron chi connectivity index (χ3n) is 14.3. The van der Waals surface area contributed by atoms with Crippen LogP contribution in [0.5, 0.6) is 0 Å². The van der Waals surface area contributed by atoms with Crippen LogP contribution in [0, 0.1) is 23.7 Å². The average Bonchev–Trinajstić information content (AvgIpc) is 4.14. The predicted octanol–water partition coefficient (Wildman–Crippen LogP) is 8.03. The van der Waals surface area contributed by atoms with Gasteiger partial charge in [-0.3, -0.25) is 19.2 Å². The summed E-state index contributed by atoms with van der Waals surface area (Å²) in [7, 11) is 5.57. The zero-order chi connectivity index (χ0) is 59.1. The van der Waals surface area contributed by atoms with Gasteiger partial charge in [-0.15, -0.1) is 0 Å². The molecule has 436 valence electrons. The van der Waals surface area contributed by atoms with Crippen LogP contribution in [0.25, 0.3) is 0 Å². The number of nitrogens with zero attached hydrogens (tertiary/aromatic N) is 4. The molecule has 8 atom stereocenters. The second-order valence-corrected chi connectivity index (χ2v) is 22.9. The Morgan fingerprint density at radius 2 is 0.637 bits per heavy atom. The maximum atomic E-state index is 15.0. The molecule has 1 aliphatic rings. The molecule has 0 spiro atoms. The first-order valence-corrected chi connectivity index (χ1v) is 27.8. The van der Waals surface area contributed by atoms with E-state index in [9.17, 15) is 38.4 Å². The number of hydrogen-bond donors (Lipinski definition) is 0. The van der Waals surface area contributed by atoms with Gasteiger partial charge < -0.3 is 47.4 Å². The van der Waals surface area contributed by atoms with Crippen molar-refractivity contribution in [1.82, 2.24) is 19.6 Å². The number of rotatable bonds is 16. The Labute approximate surface area is 471 Å². The lowest BCUT2D eigenvalue weighted by atomic mass is 9.99. The first-order valence-electron chi connectivity index (χ1n) is 27.8. The summed E-state index contributed by atoms with van der Waals surface area (Å²) >= 11 is 0. The summed E-state index contributed by atoms with van der Waals surface area (Å²) < 4.78 is 35.2. The number of esters is 4. The van der Waals surface area contributed by atoms with Gasteiger partial charge in [0.1, 0.15) is 35.7 Å². The fraction of sp³-hybridized carbons (Fsp3) is 0.548. The molecule has 0 aliphatic carbocycles. The number of likely N-dealkylation sites (N-methyl/N-ethyl adjacent to an activating group) is 4. The SMILES string of the molecule is CC(C)CC1C(=O)OC(Cc2ccc(Cc3ccco3)cc2)C(=O)N(C)C(CC(C)C)C(=O)OC(C)C(=O)N(C)C(CC(C)C)C(=O)OC(Cc2ccc(Cc3ccco3)cc2)C(=O)N(C)C(CC(C)C)C(=O)OC(C)C(=O)N1C. The highest BCUT2D eigenvalue weighted by Gasteiger charge is 2.43. The summed E-state index contributed by atoms with van der Waals surface area (Å²) in [5.74, 6) is -5.91. The number of cyclic esters (lactones) is 4. The first kappa shape index (κ1) is 63.6. The van der Waals surface area contributed by atoms with E-state index in [0.717, 1.165) is 42.2 Å². The van der Waals surface area contributed by atoms with Crippen molar-refractivity contribution in [3.8, 4) is 0 Å². The second-order valence-electron chi connectivity index (χ2n) is 22.9. The summed E-state index contributed by atoms with van der Waals surface area (Å²) in [5.41, 5.74) is 3.08. The van der Waals surface area contributed by atoms with Crippen LogP contribution in [0.1, 0.15) is 129 Å². The Hall–Kier alpha value is -7.24. The molecule has 0 radical (unpaired) electrons. The van der Waals surface area contributed by atoms with E-state index >= 15 is 0 Å². The van der Waals surface area contributed by atoms with E-state index in [1.807, 2.05) is 91.8 Å². The zero-order valence-electron chi connectivity index (χ0n) is 49.2. The number of amides is 4. The molecular formula is C62H84N4O14. The Kier molecular flexibility index (Phi) is 23.3. The van der Waals surface area contributed by atoms with Crippen molar-refractivity contribution >= 4 is 47.5 Å². The lowest BCUT2D eigenvalue weighted by Crippen LogP contribution is -2.55. The number of furan rings is 2. The molecule has 18 heteroatoms. The van der Waals surface area contributed by atoms with Crippen molar-refractivity contribution in [1.29, 1.82) is 0 Å². The highest BCUT2D eigenvalue weighted by atomic mass is 16.6. The number of ether oxygens (including phenoxy) is 4. The topological polar surface area (TPSA) is 213 Å². The van der Waals surface area contributed by atoms with Crippen LogP contribution in [0.4, 0.5) is 0 Å². The normalized spacial score (nSPS) is 23.2. The van der Waals surface area contributed by atoms with Gasteiger partial charge in [-0.05, 0) is 110 Å². The fourth-order valence-electron chi connectivity index (χ4n) is 9.72. The molecule has 0 bridgehead atoms. The minimum Gasteiger partial charge on any atom is -0.469 e. The van der Waals surface area contributed by atoms with Crippen molar-refractivity contribution < 1.29 is 66.1 Å². The van der Waals surface area contributed by atoms with Crippen LogP contribution < -0.4 is 0 Å². The summed E-state index contributed by atoms with van der Waals surface area (Å²) in [6.07, 6.45) is -1.75. The molecule has 0 saturated carbocycles. The van der Waals surface area contributed by atoms with Gasteiger partial charge in [0, 0.05) is 53.9 Å². The molecule has 1 saturated heterocycles. The van der Waals surface area contributed by atoms with E-state index in [1.54, 1.807) is 48.9 Å². The third kappa shape index (κ3) is 17.9. The molecule has 1 aliphatic heterocycles. The number of carbonyl (C=O) groups excluding carboxylic acids is 8. The summed E-state index contributed by atoms with van der Waals surface area (Å²) in [4.78, 5) is 122. The van der Waals surface area contributed by atoms with Crippen molar-refractivity contribution in [3.05, 3.63) is 119 Å². The Balaban J connectivity index is 1.59. The molecule has 8 unspecified atom stereocenters. The molecule has 80 heavy (non-hydrogen) atoms. The Morgan fingerprint density at radius 3 is 0.900 bits per heavy atom. The smallest absolute Gasteiger partial charge is 0.329 e. The monoisotopic (exact) mass is 1110 g/mol. The summed E-state index contributed by atoms with van der Waals surface area (Å²) in [6, 6.07) is 16.9. The standard InChI is InChI=1S/C62H84N4O14/c1-37(2)29-49-59(71)77-41(9)55(67)63(11)52(32-40(7)8)62(74)80-54(36-46-25-21-44(22-26-46)34-48-18-16-28-76-48)58(70)66(14)50(30-38(3)4)60(72)78-42(10)56(68)64(12)51(31-39(5)6)61(73)79-53(57(69)65(49)13)35-45-23-19-43(20-24-45)33-47-17-15-27-75-47/h15-28,37-42,49-54H,29-36H2,1-14H3. The maximum Gasteiger partial charge on any atom is 0.329 e. The van der Waals surface area contributed by atoms with E-state index in [-0.39, 0.29) is 62.2 Å². The van der Waals surface area contributed by atoms with Crippen LogP contribution in [-0.4, -0.2) is 144 Å². The van der Waals surface area contributed by atoms with E-state index in [0.29, 0.717) is 24.0 Å². The highest BCUT2D eigenvalue weighted by molar-refractivity contribution is 5.94. The Bertz CT molecular complexity index is 2480. The minimum absolute atomic E-state index is 0.0840. The van der Waals surface area contributed by atoms with Crippen LogP contribution in [0.15, 0.2) is 94.2 Å². The van der Waals surface area contributed by atoms with Crippen LogP contribution >= 0.6 is 0 Å². The maximum absolute atomic E-state index is 15.0. The molecule has 4 aromatic rings. The van der Waals surface area contributed by atoms with Gasteiger partial charge in [0.15, 0.2) is 24.4 Å². The number of benzene rings is 2. The van der Waals surface area contributed by atoms with Crippen molar-refractivity contribution in [2.24, 2.45) is 23.7 Å². The molecule has 4 amide bonds. The van der Waals surface area contributed by atoms with Crippen LogP contribution in [0.2, 0.25) is 0 Å². The third-order valence-corrected chi connectivity index (χ3v) is 14.3. The van der Waals surface area contributed by atoms with E-state index in [1.165, 1.54) is 42.0 Å². The molecule has 5 rings (SSSR count). The van der Waals surface area contributed by atoms with Gasteiger partial charge in [0.25, 0.3) is 23.6 Å².